The molecule has 1 aromatic rings. The highest BCUT2D eigenvalue weighted by atomic mass is 32.2. The molecule has 8 heteroatoms. The smallest absolute Gasteiger partial charge is 0.416 e. The molecule has 0 fully saturated rings. The van der Waals surface area contributed by atoms with Gasteiger partial charge in [0, 0.05) is 5.56 Å². The van der Waals surface area contributed by atoms with E-state index >= 15 is 0 Å². The maximum atomic E-state index is 12.7. The molecule has 0 amide bonds. The van der Waals surface area contributed by atoms with Gasteiger partial charge >= 0.3 is 12.1 Å². The Bertz CT molecular complexity index is 543. The Morgan fingerprint density at radius 2 is 2.00 bits per heavy atom. The van der Waals surface area contributed by atoms with Crippen LogP contribution < -0.4 is 0 Å². The monoisotopic (exact) mass is 322 g/mol. The molecule has 1 aromatic carbocycles. The van der Waals surface area contributed by atoms with Crippen LogP contribution in [0.2, 0.25) is 0 Å². The topological polar surface area (TPSA) is 63.6 Å². The standard InChI is InChI=1S/C13H13F3O4S/c1-3-20-11(18)8-5-4-7(13(14,15)16)6-9(8)10(17)12(19)21-2/h4-6,10,17H,3H2,1-2H3/t10-/m0/s1. The van der Waals surface area contributed by atoms with Crippen LogP contribution in [0.5, 0.6) is 0 Å². The van der Waals surface area contributed by atoms with Crippen LogP contribution in [-0.2, 0) is 15.7 Å². The number of ether oxygens (including phenoxy) is 1. The highest BCUT2D eigenvalue weighted by molar-refractivity contribution is 8.13. The summed E-state index contributed by atoms with van der Waals surface area (Å²) in [6.07, 6.45) is -5.10. The highest BCUT2D eigenvalue weighted by Crippen LogP contribution is 2.33. The number of hydrogen-bond donors (Lipinski definition) is 1. The zero-order valence-electron chi connectivity index (χ0n) is 11.2. The summed E-state index contributed by atoms with van der Waals surface area (Å²) in [6.45, 7) is 1.55. The number of esters is 1. The number of aliphatic hydroxyl groups excluding tert-OH is 1. The predicted molar refractivity (Wildman–Crippen MR) is 70.9 cm³/mol. The third-order valence-corrected chi connectivity index (χ3v) is 3.22. The maximum absolute atomic E-state index is 12.7. The quantitative estimate of drug-likeness (QED) is 0.864. The summed E-state index contributed by atoms with van der Waals surface area (Å²) in [5.74, 6) is -0.894. The number of benzene rings is 1. The van der Waals surface area contributed by atoms with Crippen molar-refractivity contribution < 1.29 is 32.6 Å². The summed E-state index contributed by atoms with van der Waals surface area (Å²) in [5, 5.41) is 9.07. The average molecular weight is 322 g/mol. The van der Waals surface area contributed by atoms with Gasteiger partial charge < -0.3 is 9.84 Å². The van der Waals surface area contributed by atoms with E-state index in [2.05, 4.69) is 0 Å². The minimum Gasteiger partial charge on any atom is -0.462 e. The summed E-state index contributed by atoms with van der Waals surface area (Å²) in [5.41, 5.74) is -1.74. The number of alkyl halides is 3. The van der Waals surface area contributed by atoms with E-state index < -0.39 is 34.5 Å². The van der Waals surface area contributed by atoms with Gasteiger partial charge in [0.2, 0.25) is 5.12 Å². The van der Waals surface area contributed by atoms with E-state index in [0.717, 1.165) is 6.07 Å². The molecule has 21 heavy (non-hydrogen) atoms. The van der Waals surface area contributed by atoms with Gasteiger partial charge in [0.1, 0.15) is 6.10 Å². The van der Waals surface area contributed by atoms with E-state index in [1.165, 1.54) is 13.2 Å². The van der Waals surface area contributed by atoms with Gasteiger partial charge in [-0.05, 0) is 31.4 Å². The number of carbonyl (C=O) groups is 2. The van der Waals surface area contributed by atoms with Gasteiger partial charge in [-0.3, -0.25) is 4.79 Å². The fourth-order valence-electron chi connectivity index (χ4n) is 1.60. The third kappa shape index (κ3) is 4.21. The van der Waals surface area contributed by atoms with Crippen LogP contribution in [0.15, 0.2) is 18.2 Å². The molecule has 0 spiro atoms. The van der Waals surface area contributed by atoms with E-state index in [1.807, 2.05) is 0 Å². The molecular weight excluding hydrogens is 309 g/mol. The molecule has 0 aliphatic heterocycles. The molecule has 1 rings (SSSR count). The Balaban J connectivity index is 3.38. The molecular formula is C13H13F3O4S. The summed E-state index contributed by atoms with van der Waals surface area (Å²) in [7, 11) is 0. The second-order valence-corrected chi connectivity index (χ2v) is 4.76. The van der Waals surface area contributed by atoms with Crippen molar-refractivity contribution in [1.29, 1.82) is 0 Å². The Hall–Kier alpha value is -1.54. The number of aliphatic hydroxyl groups is 1. The Labute approximate surface area is 123 Å². The van der Waals surface area contributed by atoms with Crippen molar-refractivity contribution in [2.24, 2.45) is 0 Å². The van der Waals surface area contributed by atoms with Crippen molar-refractivity contribution in [1.82, 2.24) is 0 Å². The molecule has 0 radical (unpaired) electrons. The highest BCUT2D eigenvalue weighted by Gasteiger charge is 2.33. The van der Waals surface area contributed by atoms with Gasteiger partial charge in [-0.15, -0.1) is 0 Å². The first-order chi connectivity index (χ1) is 9.72. The molecule has 0 aromatic heterocycles. The zero-order valence-corrected chi connectivity index (χ0v) is 12.0. The number of carbonyl (C=O) groups excluding carboxylic acids is 2. The van der Waals surface area contributed by atoms with Crippen molar-refractivity contribution in [3.8, 4) is 0 Å². The first kappa shape index (κ1) is 17.5. The molecule has 4 nitrogen and oxygen atoms in total. The Morgan fingerprint density at radius 1 is 1.38 bits per heavy atom. The number of hydrogen-bond acceptors (Lipinski definition) is 5. The van der Waals surface area contributed by atoms with Crippen LogP contribution in [-0.4, -0.2) is 29.1 Å². The number of rotatable bonds is 4. The maximum Gasteiger partial charge on any atom is 0.416 e. The predicted octanol–water partition coefficient (Wildman–Crippen LogP) is 2.81. The second kappa shape index (κ2) is 6.95. The van der Waals surface area contributed by atoms with E-state index in [1.54, 1.807) is 0 Å². The summed E-state index contributed by atoms with van der Waals surface area (Å²) < 4.78 is 42.8. The van der Waals surface area contributed by atoms with Crippen LogP contribution in [0.3, 0.4) is 0 Å². The molecule has 1 N–H and O–H groups in total. The minimum atomic E-state index is -4.65. The first-order valence-electron chi connectivity index (χ1n) is 5.86. The fourth-order valence-corrected chi connectivity index (χ4v) is 1.95. The Kier molecular flexibility index (Phi) is 5.79. The molecule has 0 unspecified atom stereocenters. The lowest BCUT2D eigenvalue weighted by molar-refractivity contribution is -0.137. The third-order valence-electron chi connectivity index (χ3n) is 2.59. The van der Waals surface area contributed by atoms with Crippen LogP contribution >= 0.6 is 11.8 Å². The second-order valence-electron chi connectivity index (χ2n) is 3.95. The van der Waals surface area contributed by atoms with E-state index in [-0.39, 0.29) is 12.2 Å². The van der Waals surface area contributed by atoms with Crippen molar-refractivity contribution in [2.75, 3.05) is 12.9 Å². The van der Waals surface area contributed by atoms with Crippen molar-refractivity contribution >= 4 is 22.8 Å². The summed E-state index contributed by atoms with van der Waals surface area (Å²) in [6, 6.07) is 2.18. The van der Waals surface area contributed by atoms with Crippen LogP contribution in [0.1, 0.15) is 34.5 Å². The number of thioether (sulfide) groups is 1. The molecule has 0 saturated heterocycles. The SMILES string of the molecule is CCOC(=O)c1ccc(C(F)(F)F)cc1[C@H](O)C(=O)SC. The molecule has 116 valence electrons. The molecule has 1 atom stereocenters. The van der Waals surface area contributed by atoms with Gasteiger partial charge in [-0.2, -0.15) is 13.2 Å². The van der Waals surface area contributed by atoms with Crippen molar-refractivity contribution in [3.63, 3.8) is 0 Å². The van der Waals surface area contributed by atoms with Crippen LogP contribution in [0, 0.1) is 0 Å². The fraction of sp³-hybridized carbons (Fsp3) is 0.385. The van der Waals surface area contributed by atoms with Gasteiger partial charge in [-0.1, -0.05) is 11.8 Å². The molecule has 0 heterocycles. The van der Waals surface area contributed by atoms with Gasteiger partial charge in [0.25, 0.3) is 0 Å². The molecule has 0 aliphatic rings. The number of halogens is 3. The average Bonchev–Trinajstić information content (AvgIpc) is 2.44. The normalized spacial score (nSPS) is 12.9. The van der Waals surface area contributed by atoms with Crippen molar-refractivity contribution in [2.45, 2.75) is 19.2 Å². The molecule has 0 saturated carbocycles. The summed E-state index contributed by atoms with van der Waals surface area (Å²) in [4.78, 5) is 23.2. The first-order valence-corrected chi connectivity index (χ1v) is 7.09. The largest absolute Gasteiger partial charge is 0.462 e. The van der Waals surface area contributed by atoms with Crippen LogP contribution in [0.25, 0.3) is 0 Å². The zero-order chi connectivity index (χ0) is 16.2. The van der Waals surface area contributed by atoms with Gasteiger partial charge in [0.05, 0.1) is 17.7 Å². The lowest BCUT2D eigenvalue weighted by Crippen LogP contribution is -2.17. The van der Waals surface area contributed by atoms with Crippen LogP contribution in [0.4, 0.5) is 13.2 Å². The van der Waals surface area contributed by atoms with Crippen molar-refractivity contribution in [3.05, 3.63) is 34.9 Å². The molecule has 0 aliphatic carbocycles. The Morgan fingerprint density at radius 3 is 2.48 bits per heavy atom. The van der Waals surface area contributed by atoms with E-state index in [4.69, 9.17) is 4.74 Å². The minimum absolute atomic E-state index is 0.0197. The molecule has 0 bridgehead atoms. The van der Waals surface area contributed by atoms with Gasteiger partial charge in [-0.25, -0.2) is 4.79 Å². The van der Waals surface area contributed by atoms with E-state index in [0.29, 0.717) is 23.9 Å². The lowest BCUT2D eigenvalue weighted by Gasteiger charge is -2.16. The lowest BCUT2D eigenvalue weighted by atomic mass is 9.99. The summed E-state index contributed by atoms with van der Waals surface area (Å²) >= 11 is 0.653. The van der Waals surface area contributed by atoms with Gasteiger partial charge in [0.15, 0.2) is 0 Å². The van der Waals surface area contributed by atoms with E-state index in [9.17, 15) is 27.9 Å².